The topological polar surface area (TPSA) is 71.2 Å². The van der Waals surface area contributed by atoms with E-state index in [4.69, 9.17) is 5.73 Å². The van der Waals surface area contributed by atoms with Gasteiger partial charge in [-0.1, -0.05) is 0 Å². The zero-order valence-corrected chi connectivity index (χ0v) is 10.7. The average molecular weight is 248 g/mol. The lowest BCUT2D eigenvalue weighted by atomic mass is 9.98. The summed E-state index contributed by atoms with van der Waals surface area (Å²) in [5.74, 6) is 1.17. The van der Waals surface area contributed by atoms with E-state index in [-0.39, 0.29) is 0 Å². The van der Waals surface area contributed by atoms with Crippen LogP contribution in [0.1, 0.15) is 23.2 Å². The Morgan fingerprint density at radius 1 is 1.50 bits per heavy atom. The van der Waals surface area contributed by atoms with Crippen molar-refractivity contribution in [2.45, 2.75) is 12.8 Å². The number of pyridine rings is 1. The fourth-order valence-electron chi connectivity index (χ4n) is 2.30. The van der Waals surface area contributed by atoms with Crippen molar-refractivity contribution in [2.24, 2.45) is 11.7 Å². The van der Waals surface area contributed by atoms with Gasteiger partial charge in [-0.15, -0.1) is 0 Å². The Labute approximate surface area is 107 Å². The molecule has 18 heavy (non-hydrogen) atoms. The van der Waals surface area contributed by atoms with Crippen molar-refractivity contribution < 1.29 is 4.79 Å². The van der Waals surface area contributed by atoms with Gasteiger partial charge in [0, 0.05) is 19.8 Å². The number of anilines is 1. The van der Waals surface area contributed by atoms with Crippen molar-refractivity contribution in [1.29, 1.82) is 0 Å². The van der Waals surface area contributed by atoms with Crippen molar-refractivity contribution in [2.75, 3.05) is 31.6 Å². The zero-order chi connectivity index (χ0) is 13.0. The highest BCUT2D eigenvalue weighted by Crippen LogP contribution is 2.16. The first-order valence-electron chi connectivity index (χ1n) is 6.34. The predicted octanol–water partition coefficient (Wildman–Crippen LogP) is 0.616. The lowest BCUT2D eigenvalue weighted by Gasteiger charge is -2.28. The zero-order valence-electron chi connectivity index (χ0n) is 10.7. The van der Waals surface area contributed by atoms with Gasteiger partial charge in [-0.2, -0.15) is 0 Å². The SMILES string of the molecule is CN(CC1CCNCC1)c1ccc(C(N)=O)cn1. The Morgan fingerprint density at radius 3 is 2.78 bits per heavy atom. The molecule has 5 nitrogen and oxygen atoms in total. The molecule has 1 aromatic heterocycles. The Morgan fingerprint density at radius 2 is 2.22 bits per heavy atom. The van der Waals surface area contributed by atoms with Crippen molar-refractivity contribution in [3.63, 3.8) is 0 Å². The number of nitrogens with one attached hydrogen (secondary N) is 1. The standard InChI is InChI=1S/C13H20N4O/c1-17(9-10-4-6-15-7-5-10)12-3-2-11(8-16-12)13(14)18/h2-3,8,10,15H,4-7,9H2,1H3,(H2,14,18). The van der Waals surface area contributed by atoms with E-state index in [0.717, 1.165) is 25.5 Å². The predicted molar refractivity (Wildman–Crippen MR) is 71.6 cm³/mol. The molecule has 0 saturated carbocycles. The van der Waals surface area contributed by atoms with Crippen LogP contribution in [-0.4, -0.2) is 37.6 Å². The van der Waals surface area contributed by atoms with E-state index in [9.17, 15) is 4.79 Å². The largest absolute Gasteiger partial charge is 0.366 e. The van der Waals surface area contributed by atoms with E-state index >= 15 is 0 Å². The lowest BCUT2D eigenvalue weighted by molar-refractivity contribution is 0.1000. The second-order valence-electron chi connectivity index (χ2n) is 4.84. The molecule has 0 spiro atoms. The normalized spacial score (nSPS) is 16.5. The van der Waals surface area contributed by atoms with E-state index in [0.29, 0.717) is 11.5 Å². The highest BCUT2D eigenvalue weighted by Gasteiger charge is 2.15. The van der Waals surface area contributed by atoms with Crippen molar-refractivity contribution in [3.05, 3.63) is 23.9 Å². The summed E-state index contributed by atoms with van der Waals surface area (Å²) >= 11 is 0. The number of rotatable bonds is 4. The van der Waals surface area contributed by atoms with E-state index in [2.05, 4.69) is 15.2 Å². The number of piperidine rings is 1. The molecule has 1 aromatic rings. The van der Waals surface area contributed by atoms with Crippen LogP contribution in [0.15, 0.2) is 18.3 Å². The molecule has 5 heteroatoms. The van der Waals surface area contributed by atoms with Crippen LogP contribution in [0.3, 0.4) is 0 Å². The van der Waals surface area contributed by atoms with Gasteiger partial charge in [0.15, 0.2) is 0 Å². The first kappa shape index (κ1) is 12.8. The number of primary amides is 1. The van der Waals surface area contributed by atoms with Crippen LogP contribution in [0, 0.1) is 5.92 Å². The molecule has 1 aliphatic heterocycles. The van der Waals surface area contributed by atoms with Gasteiger partial charge in [0.1, 0.15) is 5.82 Å². The number of hydrogen-bond acceptors (Lipinski definition) is 4. The summed E-state index contributed by atoms with van der Waals surface area (Å²) in [5.41, 5.74) is 5.64. The number of amides is 1. The van der Waals surface area contributed by atoms with E-state index in [1.165, 1.54) is 19.0 Å². The maximum Gasteiger partial charge on any atom is 0.250 e. The Balaban J connectivity index is 1.95. The molecule has 98 valence electrons. The third-order valence-corrected chi connectivity index (χ3v) is 3.41. The summed E-state index contributed by atoms with van der Waals surface area (Å²) in [6, 6.07) is 3.57. The Kier molecular flexibility index (Phi) is 4.15. The number of carbonyl (C=O) groups is 1. The number of nitrogens with two attached hydrogens (primary N) is 1. The molecule has 2 rings (SSSR count). The number of hydrogen-bond donors (Lipinski definition) is 2. The summed E-state index contributed by atoms with van der Waals surface area (Å²) < 4.78 is 0. The second kappa shape index (κ2) is 5.82. The van der Waals surface area contributed by atoms with Gasteiger partial charge in [0.25, 0.3) is 0 Å². The highest BCUT2D eigenvalue weighted by molar-refractivity contribution is 5.92. The minimum atomic E-state index is -0.435. The molecular weight excluding hydrogens is 228 g/mol. The fourth-order valence-corrected chi connectivity index (χ4v) is 2.30. The first-order chi connectivity index (χ1) is 8.66. The fraction of sp³-hybridized carbons (Fsp3) is 0.538. The van der Waals surface area contributed by atoms with E-state index in [1.54, 1.807) is 6.07 Å². The average Bonchev–Trinajstić information content (AvgIpc) is 2.40. The van der Waals surface area contributed by atoms with Crippen molar-refractivity contribution >= 4 is 11.7 Å². The highest BCUT2D eigenvalue weighted by atomic mass is 16.1. The maximum atomic E-state index is 11.0. The molecule has 0 aliphatic carbocycles. The molecule has 2 heterocycles. The Bertz CT molecular complexity index is 398. The van der Waals surface area contributed by atoms with Gasteiger partial charge in [0.05, 0.1) is 5.56 Å². The van der Waals surface area contributed by atoms with Crippen molar-refractivity contribution in [1.82, 2.24) is 10.3 Å². The van der Waals surface area contributed by atoms with E-state index in [1.807, 2.05) is 13.1 Å². The third-order valence-electron chi connectivity index (χ3n) is 3.41. The summed E-state index contributed by atoms with van der Waals surface area (Å²) in [5, 5.41) is 3.36. The molecule has 0 unspecified atom stereocenters. The lowest BCUT2D eigenvalue weighted by Crippen LogP contribution is -2.34. The van der Waals surface area contributed by atoms with Crippen LogP contribution in [0.25, 0.3) is 0 Å². The van der Waals surface area contributed by atoms with Crippen molar-refractivity contribution in [3.8, 4) is 0 Å². The number of nitrogens with zero attached hydrogens (tertiary/aromatic N) is 2. The van der Waals surface area contributed by atoms with Crippen LogP contribution >= 0.6 is 0 Å². The van der Waals surface area contributed by atoms with E-state index < -0.39 is 5.91 Å². The van der Waals surface area contributed by atoms with Crippen LogP contribution < -0.4 is 16.0 Å². The smallest absolute Gasteiger partial charge is 0.250 e. The maximum absolute atomic E-state index is 11.0. The first-order valence-corrected chi connectivity index (χ1v) is 6.34. The molecule has 0 bridgehead atoms. The van der Waals surface area contributed by atoms with Gasteiger partial charge in [0.2, 0.25) is 5.91 Å². The number of carbonyl (C=O) groups excluding carboxylic acids is 1. The molecule has 1 aliphatic rings. The van der Waals surface area contributed by atoms with Crippen LogP contribution in [0.5, 0.6) is 0 Å². The Hall–Kier alpha value is -1.62. The molecule has 0 radical (unpaired) electrons. The molecule has 1 fully saturated rings. The molecule has 0 aromatic carbocycles. The van der Waals surface area contributed by atoms with Crippen LogP contribution in [0.2, 0.25) is 0 Å². The number of aromatic nitrogens is 1. The molecular formula is C13H20N4O. The molecule has 0 atom stereocenters. The summed E-state index contributed by atoms with van der Waals surface area (Å²) in [4.78, 5) is 17.4. The quantitative estimate of drug-likeness (QED) is 0.819. The third kappa shape index (κ3) is 3.20. The molecule has 1 saturated heterocycles. The van der Waals surface area contributed by atoms with Gasteiger partial charge in [-0.25, -0.2) is 4.98 Å². The summed E-state index contributed by atoms with van der Waals surface area (Å²) in [7, 11) is 2.04. The second-order valence-corrected chi connectivity index (χ2v) is 4.84. The molecule has 1 amide bonds. The van der Waals surface area contributed by atoms with Gasteiger partial charge in [-0.3, -0.25) is 4.79 Å². The van der Waals surface area contributed by atoms with Gasteiger partial charge >= 0.3 is 0 Å². The van der Waals surface area contributed by atoms with Gasteiger partial charge < -0.3 is 16.0 Å². The van der Waals surface area contributed by atoms with Crippen LogP contribution in [-0.2, 0) is 0 Å². The van der Waals surface area contributed by atoms with Gasteiger partial charge in [-0.05, 0) is 44.0 Å². The summed E-state index contributed by atoms with van der Waals surface area (Å²) in [6.45, 7) is 3.21. The molecule has 3 N–H and O–H groups in total. The summed E-state index contributed by atoms with van der Waals surface area (Å²) in [6.07, 6.45) is 3.96. The minimum Gasteiger partial charge on any atom is -0.366 e. The van der Waals surface area contributed by atoms with Crippen LogP contribution in [0.4, 0.5) is 5.82 Å². The monoisotopic (exact) mass is 248 g/mol. The minimum absolute atomic E-state index is 0.435.